The number of carbonyl (C=O) groups excluding carboxylic acids is 1. The number of carbonyl (C=O) groups is 1. The highest BCUT2D eigenvalue weighted by Crippen LogP contribution is 2.09. The van der Waals surface area contributed by atoms with Crippen LogP contribution in [0.2, 0.25) is 0 Å². The first-order valence-electron chi connectivity index (χ1n) is 8.13. The van der Waals surface area contributed by atoms with Crippen molar-refractivity contribution >= 4 is 11.9 Å². The lowest BCUT2D eigenvalue weighted by molar-refractivity contribution is -0.122. The molecule has 2 rings (SSSR count). The van der Waals surface area contributed by atoms with Crippen LogP contribution < -0.4 is 16.0 Å². The number of rotatable bonds is 6. The van der Waals surface area contributed by atoms with Gasteiger partial charge in [0.2, 0.25) is 5.91 Å². The summed E-state index contributed by atoms with van der Waals surface area (Å²) in [5, 5.41) is 9.43. The van der Waals surface area contributed by atoms with Gasteiger partial charge in [0, 0.05) is 46.2 Å². The molecule has 0 saturated carbocycles. The molecule has 2 heterocycles. The van der Waals surface area contributed by atoms with Crippen LogP contribution in [0.3, 0.4) is 0 Å². The average Bonchev–Trinajstić information content (AvgIpc) is 3.08. The summed E-state index contributed by atoms with van der Waals surface area (Å²) in [6.45, 7) is 3.12. The SMILES string of the molecule is CN=C(NCCc1ccco1)NC1CCN(CC(=O)NC)CC1. The van der Waals surface area contributed by atoms with Crippen molar-refractivity contribution in [3.05, 3.63) is 24.2 Å². The molecule has 0 radical (unpaired) electrons. The number of hydrogen-bond donors (Lipinski definition) is 3. The lowest BCUT2D eigenvalue weighted by atomic mass is 10.1. The Labute approximate surface area is 137 Å². The molecule has 128 valence electrons. The maximum Gasteiger partial charge on any atom is 0.233 e. The van der Waals surface area contributed by atoms with Gasteiger partial charge >= 0.3 is 0 Å². The fraction of sp³-hybridized carbons (Fsp3) is 0.625. The average molecular weight is 321 g/mol. The maximum absolute atomic E-state index is 11.4. The van der Waals surface area contributed by atoms with E-state index in [0.29, 0.717) is 12.6 Å². The Balaban J connectivity index is 1.66. The number of likely N-dealkylation sites (N-methyl/N-ethyl adjacent to an activating group) is 1. The molecule has 1 aliphatic rings. The molecular formula is C16H27N5O2. The molecule has 1 aromatic rings. The van der Waals surface area contributed by atoms with E-state index >= 15 is 0 Å². The molecule has 1 amide bonds. The summed E-state index contributed by atoms with van der Waals surface area (Å²) in [6, 6.07) is 4.26. The van der Waals surface area contributed by atoms with Crippen LogP contribution in [0.15, 0.2) is 27.8 Å². The van der Waals surface area contributed by atoms with Crippen molar-refractivity contribution in [1.82, 2.24) is 20.9 Å². The van der Waals surface area contributed by atoms with Gasteiger partial charge in [0.25, 0.3) is 0 Å². The Morgan fingerprint density at radius 2 is 2.22 bits per heavy atom. The van der Waals surface area contributed by atoms with E-state index in [9.17, 15) is 4.79 Å². The number of hydrogen-bond acceptors (Lipinski definition) is 4. The van der Waals surface area contributed by atoms with Gasteiger partial charge in [0.15, 0.2) is 5.96 Å². The van der Waals surface area contributed by atoms with Gasteiger partial charge in [0.1, 0.15) is 5.76 Å². The Hall–Kier alpha value is -2.02. The molecule has 0 atom stereocenters. The number of amides is 1. The summed E-state index contributed by atoms with van der Waals surface area (Å²) in [5.74, 6) is 1.86. The molecule has 1 fully saturated rings. The topological polar surface area (TPSA) is 81.9 Å². The number of likely N-dealkylation sites (tertiary alicyclic amines) is 1. The van der Waals surface area contributed by atoms with Gasteiger partial charge in [-0.25, -0.2) is 0 Å². The van der Waals surface area contributed by atoms with Crippen LogP contribution in [0, 0.1) is 0 Å². The first kappa shape index (κ1) is 17.3. The fourth-order valence-corrected chi connectivity index (χ4v) is 2.66. The summed E-state index contributed by atoms with van der Waals surface area (Å²) in [6.07, 6.45) is 4.54. The van der Waals surface area contributed by atoms with Gasteiger partial charge in [-0.15, -0.1) is 0 Å². The normalized spacial score (nSPS) is 17.0. The van der Waals surface area contributed by atoms with Gasteiger partial charge < -0.3 is 20.4 Å². The monoisotopic (exact) mass is 321 g/mol. The van der Waals surface area contributed by atoms with Crippen LogP contribution in [0.25, 0.3) is 0 Å². The zero-order valence-corrected chi connectivity index (χ0v) is 14.0. The molecule has 1 saturated heterocycles. The van der Waals surface area contributed by atoms with Gasteiger partial charge in [-0.05, 0) is 25.0 Å². The highest BCUT2D eigenvalue weighted by Gasteiger charge is 2.21. The third-order valence-electron chi connectivity index (χ3n) is 4.04. The number of aliphatic imine (C=N–C) groups is 1. The van der Waals surface area contributed by atoms with Gasteiger partial charge in [-0.3, -0.25) is 14.7 Å². The minimum Gasteiger partial charge on any atom is -0.469 e. The van der Waals surface area contributed by atoms with Gasteiger partial charge in [0.05, 0.1) is 12.8 Å². The quantitative estimate of drug-likeness (QED) is 0.515. The van der Waals surface area contributed by atoms with Crippen molar-refractivity contribution < 1.29 is 9.21 Å². The molecule has 7 heteroatoms. The number of nitrogens with zero attached hydrogens (tertiary/aromatic N) is 2. The van der Waals surface area contributed by atoms with Crippen molar-refractivity contribution in [2.45, 2.75) is 25.3 Å². The summed E-state index contributed by atoms with van der Waals surface area (Å²) < 4.78 is 5.31. The van der Waals surface area contributed by atoms with E-state index < -0.39 is 0 Å². The van der Waals surface area contributed by atoms with E-state index in [1.165, 1.54) is 0 Å². The van der Waals surface area contributed by atoms with E-state index in [-0.39, 0.29) is 5.91 Å². The second-order valence-corrected chi connectivity index (χ2v) is 5.70. The Morgan fingerprint density at radius 3 is 2.83 bits per heavy atom. The zero-order chi connectivity index (χ0) is 16.5. The number of furan rings is 1. The fourth-order valence-electron chi connectivity index (χ4n) is 2.66. The van der Waals surface area contributed by atoms with Crippen molar-refractivity contribution in [3.63, 3.8) is 0 Å². The van der Waals surface area contributed by atoms with Crippen molar-refractivity contribution in [3.8, 4) is 0 Å². The predicted octanol–water partition coefficient (Wildman–Crippen LogP) is 0.198. The summed E-state index contributed by atoms with van der Waals surface area (Å²) in [4.78, 5) is 17.8. The smallest absolute Gasteiger partial charge is 0.233 e. The highest BCUT2D eigenvalue weighted by atomic mass is 16.3. The number of nitrogens with one attached hydrogen (secondary N) is 3. The molecule has 0 aromatic carbocycles. The minimum absolute atomic E-state index is 0.0758. The Morgan fingerprint density at radius 1 is 1.43 bits per heavy atom. The van der Waals surface area contributed by atoms with Crippen molar-refractivity contribution in [2.75, 3.05) is 40.3 Å². The summed E-state index contributed by atoms with van der Waals surface area (Å²) >= 11 is 0. The van der Waals surface area contributed by atoms with Crippen molar-refractivity contribution in [1.29, 1.82) is 0 Å². The minimum atomic E-state index is 0.0758. The molecule has 1 aromatic heterocycles. The molecule has 7 nitrogen and oxygen atoms in total. The first-order chi connectivity index (χ1) is 11.2. The molecule has 0 bridgehead atoms. The molecule has 1 aliphatic heterocycles. The molecule has 0 aliphatic carbocycles. The van der Waals surface area contributed by atoms with E-state index in [2.05, 4.69) is 25.8 Å². The highest BCUT2D eigenvalue weighted by molar-refractivity contribution is 5.80. The maximum atomic E-state index is 11.4. The van der Waals surface area contributed by atoms with Crippen LogP contribution in [-0.2, 0) is 11.2 Å². The lowest BCUT2D eigenvalue weighted by Gasteiger charge is -2.32. The predicted molar refractivity (Wildman–Crippen MR) is 90.4 cm³/mol. The Bertz CT molecular complexity index is 493. The largest absolute Gasteiger partial charge is 0.469 e. The zero-order valence-electron chi connectivity index (χ0n) is 14.0. The van der Waals surface area contributed by atoms with Gasteiger partial charge in [-0.2, -0.15) is 0 Å². The van der Waals surface area contributed by atoms with E-state index in [1.54, 1.807) is 20.4 Å². The van der Waals surface area contributed by atoms with Crippen LogP contribution in [0.1, 0.15) is 18.6 Å². The van der Waals surface area contributed by atoms with Crippen molar-refractivity contribution in [2.24, 2.45) is 4.99 Å². The lowest BCUT2D eigenvalue weighted by Crippen LogP contribution is -2.50. The van der Waals surface area contributed by atoms with Crippen LogP contribution in [0.5, 0.6) is 0 Å². The first-order valence-corrected chi connectivity index (χ1v) is 8.13. The molecule has 0 spiro atoms. The van der Waals surface area contributed by atoms with Gasteiger partial charge in [-0.1, -0.05) is 0 Å². The third-order valence-corrected chi connectivity index (χ3v) is 4.04. The summed E-state index contributed by atoms with van der Waals surface area (Å²) in [5.41, 5.74) is 0. The van der Waals surface area contributed by atoms with Crippen LogP contribution in [0.4, 0.5) is 0 Å². The number of guanidine groups is 1. The number of piperidine rings is 1. The second kappa shape index (κ2) is 9.19. The van der Waals surface area contributed by atoms with Crippen LogP contribution >= 0.6 is 0 Å². The van der Waals surface area contributed by atoms with E-state index in [1.807, 2.05) is 12.1 Å². The Kier molecular flexibility index (Phi) is 6.93. The standard InChI is InChI=1S/C16H27N5O2/c1-17-15(22)12-21-9-6-13(7-10-21)20-16(18-2)19-8-5-14-4-3-11-23-14/h3-4,11,13H,5-10,12H2,1-2H3,(H,17,22)(H2,18,19,20). The molecule has 3 N–H and O–H groups in total. The molecule has 0 unspecified atom stereocenters. The molecule has 23 heavy (non-hydrogen) atoms. The third kappa shape index (κ3) is 5.94. The molecular weight excluding hydrogens is 294 g/mol. The van der Waals surface area contributed by atoms with E-state index in [4.69, 9.17) is 4.42 Å². The van der Waals surface area contributed by atoms with E-state index in [0.717, 1.165) is 50.6 Å². The second-order valence-electron chi connectivity index (χ2n) is 5.70. The van der Waals surface area contributed by atoms with Crippen LogP contribution in [-0.4, -0.2) is 63.1 Å². The summed E-state index contributed by atoms with van der Waals surface area (Å²) in [7, 11) is 3.46.